The van der Waals surface area contributed by atoms with Crippen molar-refractivity contribution in [1.82, 2.24) is 9.59 Å². The number of nitrogens with one attached hydrogen (secondary N) is 1. The van der Waals surface area contributed by atoms with Crippen LogP contribution in [0.5, 0.6) is 0 Å². The molecule has 1 aromatic heterocycles. The Hall–Kier alpha value is -1.62. The summed E-state index contributed by atoms with van der Waals surface area (Å²) in [5, 5.41) is 8.36. The van der Waals surface area contributed by atoms with Crippen LogP contribution >= 0.6 is 11.5 Å². The molecular formula is C13H18N4S. The van der Waals surface area contributed by atoms with Crippen LogP contribution in [-0.4, -0.2) is 23.2 Å². The van der Waals surface area contributed by atoms with Gasteiger partial charge in [0.05, 0.1) is 6.54 Å². The lowest BCUT2D eigenvalue weighted by atomic mass is 10.2. The number of hydrogen-bond donors (Lipinski definition) is 1. The second-order valence-electron chi connectivity index (χ2n) is 4.15. The molecule has 18 heavy (non-hydrogen) atoms. The highest BCUT2D eigenvalue weighted by Crippen LogP contribution is 2.22. The fourth-order valence-corrected chi connectivity index (χ4v) is 2.42. The minimum Gasteiger partial charge on any atom is -0.377 e. The van der Waals surface area contributed by atoms with Gasteiger partial charge in [-0.15, -0.1) is 5.10 Å². The molecule has 0 aliphatic carbocycles. The lowest BCUT2D eigenvalue weighted by Gasteiger charge is -2.22. The van der Waals surface area contributed by atoms with E-state index < -0.39 is 0 Å². The Kier molecular flexibility index (Phi) is 4.15. The average molecular weight is 262 g/mol. The molecule has 0 amide bonds. The van der Waals surface area contributed by atoms with E-state index in [1.165, 1.54) is 22.8 Å². The van der Waals surface area contributed by atoms with Crippen molar-refractivity contribution < 1.29 is 0 Å². The van der Waals surface area contributed by atoms with E-state index in [9.17, 15) is 0 Å². The van der Waals surface area contributed by atoms with Crippen molar-refractivity contribution in [2.75, 3.05) is 23.8 Å². The van der Waals surface area contributed by atoms with Gasteiger partial charge >= 0.3 is 0 Å². The topological polar surface area (TPSA) is 41.1 Å². The SMILES string of the molecule is CCN(Cc1nnsc1NC)c1cccc(C)c1. The molecule has 0 radical (unpaired) electrons. The molecule has 1 aromatic carbocycles. The molecule has 2 rings (SSSR count). The maximum Gasteiger partial charge on any atom is 0.134 e. The van der Waals surface area contributed by atoms with E-state index in [2.05, 4.69) is 57.9 Å². The molecule has 0 saturated heterocycles. The number of nitrogens with zero attached hydrogens (tertiary/aromatic N) is 3. The molecule has 1 N–H and O–H groups in total. The number of rotatable bonds is 5. The highest BCUT2D eigenvalue weighted by Gasteiger charge is 2.11. The first-order valence-electron chi connectivity index (χ1n) is 6.05. The van der Waals surface area contributed by atoms with Crippen LogP contribution in [0.3, 0.4) is 0 Å². The van der Waals surface area contributed by atoms with Gasteiger partial charge in [-0.2, -0.15) is 0 Å². The maximum absolute atomic E-state index is 4.19. The number of anilines is 2. The van der Waals surface area contributed by atoms with E-state index in [-0.39, 0.29) is 0 Å². The van der Waals surface area contributed by atoms with E-state index in [0.29, 0.717) is 0 Å². The van der Waals surface area contributed by atoms with Gasteiger partial charge in [0.25, 0.3) is 0 Å². The molecule has 0 aliphatic heterocycles. The van der Waals surface area contributed by atoms with Gasteiger partial charge in [0.2, 0.25) is 0 Å². The minimum atomic E-state index is 0.784. The maximum atomic E-state index is 4.19. The highest BCUT2D eigenvalue weighted by molar-refractivity contribution is 7.10. The van der Waals surface area contributed by atoms with Crippen LogP contribution in [0.2, 0.25) is 0 Å². The molecule has 4 nitrogen and oxygen atoms in total. The molecule has 0 fully saturated rings. The molecule has 0 saturated carbocycles. The van der Waals surface area contributed by atoms with Crippen molar-refractivity contribution in [3.63, 3.8) is 0 Å². The predicted octanol–water partition coefficient (Wildman–Crippen LogP) is 2.91. The Morgan fingerprint density at radius 1 is 1.39 bits per heavy atom. The van der Waals surface area contributed by atoms with Crippen LogP contribution < -0.4 is 10.2 Å². The van der Waals surface area contributed by atoms with Gasteiger partial charge in [-0.25, -0.2) is 0 Å². The first kappa shape index (κ1) is 12.8. The molecule has 0 unspecified atom stereocenters. The summed E-state index contributed by atoms with van der Waals surface area (Å²) in [7, 11) is 1.90. The van der Waals surface area contributed by atoms with Crippen molar-refractivity contribution in [1.29, 1.82) is 0 Å². The second kappa shape index (κ2) is 5.82. The summed E-state index contributed by atoms with van der Waals surface area (Å²) >= 11 is 1.40. The minimum absolute atomic E-state index is 0.784. The van der Waals surface area contributed by atoms with Crippen LogP contribution in [0.15, 0.2) is 24.3 Å². The van der Waals surface area contributed by atoms with Crippen LogP contribution in [0, 0.1) is 6.92 Å². The normalized spacial score (nSPS) is 10.4. The Morgan fingerprint density at radius 3 is 2.89 bits per heavy atom. The molecule has 0 atom stereocenters. The molecule has 0 aliphatic rings. The zero-order valence-electron chi connectivity index (χ0n) is 11.0. The largest absolute Gasteiger partial charge is 0.377 e. The molecule has 1 heterocycles. The molecule has 2 aromatic rings. The van der Waals surface area contributed by atoms with Crippen LogP contribution in [0.1, 0.15) is 18.2 Å². The highest BCUT2D eigenvalue weighted by atomic mass is 32.1. The Bertz CT molecular complexity index is 509. The number of hydrogen-bond acceptors (Lipinski definition) is 5. The predicted molar refractivity (Wildman–Crippen MR) is 77.4 cm³/mol. The summed E-state index contributed by atoms with van der Waals surface area (Å²) in [4.78, 5) is 2.30. The molecule has 0 spiro atoms. The Morgan fingerprint density at radius 2 is 2.22 bits per heavy atom. The van der Waals surface area contributed by atoms with Gasteiger partial charge in [-0.1, -0.05) is 16.6 Å². The van der Waals surface area contributed by atoms with Gasteiger partial charge in [0.1, 0.15) is 10.7 Å². The van der Waals surface area contributed by atoms with Crippen LogP contribution in [-0.2, 0) is 6.54 Å². The molecule has 5 heteroatoms. The first-order valence-corrected chi connectivity index (χ1v) is 6.82. The van der Waals surface area contributed by atoms with Gasteiger partial charge in [-0.05, 0) is 31.5 Å². The summed E-state index contributed by atoms with van der Waals surface area (Å²) in [5.41, 5.74) is 3.51. The van der Waals surface area contributed by atoms with Crippen LogP contribution in [0.25, 0.3) is 0 Å². The Balaban J connectivity index is 2.20. The van der Waals surface area contributed by atoms with Crippen molar-refractivity contribution in [2.24, 2.45) is 0 Å². The zero-order chi connectivity index (χ0) is 13.0. The fourth-order valence-electron chi connectivity index (χ4n) is 1.89. The standard InChI is InChI=1S/C13H18N4S/c1-4-17(11-7-5-6-10(2)8-11)9-12-13(14-3)18-16-15-12/h5-8,14H,4,9H2,1-3H3. The van der Waals surface area contributed by atoms with Crippen molar-refractivity contribution >= 4 is 22.2 Å². The van der Waals surface area contributed by atoms with E-state index in [4.69, 9.17) is 0 Å². The lowest BCUT2D eigenvalue weighted by Crippen LogP contribution is -2.22. The Labute approximate surface area is 112 Å². The summed E-state index contributed by atoms with van der Waals surface area (Å²) in [5.74, 6) is 0. The third-order valence-electron chi connectivity index (χ3n) is 2.87. The number of aromatic nitrogens is 2. The van der Waals surface area contributed by atoms with Gasteiger partial charge < -0.3 is 10.2 Å². The lowest BCUT2D eigenvalue weighted by molar-refractivity contribution is 0.804. The van der Waals surface area contributed by atoms with Gasteiger partial charge in [0.15, 0.2) is 0 Å². The van der Waals surface area contributed by atoms with Crippen molar-refractivity contribution in [3.05, 3.63) is 35.5 Å². The van der Waals surface area contributed by atoms with E-state index in [1.807, 2.05) is 7.05 Å². The van der Waals surface area contributed by atoms with E-state index in [0.717, 1.165) is 23.8 Å². The van der Waals surface area contributed by atoms with Crippen LogP contribution in [0.4, 0.5) is 10.7 Å². The molecule has 0 bridgehead atoms. The molecular weight excluding hydrogens is 244 g/mol. The second-order valence-corrected chi connectivity index (χ2v) is 4.91. The van der Waals surface area contributed by atoms with E-state index >= 15 is 0 Å². The number of benzene rings is 1. The quantitative estimate of drug-likeness (QED) is 0.899. The molecule has 96 valence electrons. The smallest absolute Gasteiger partial charge is 0.134 e. The third kappa shape index (κ3) is 2.79. The average Bonchev–Trinajstić information content (AvgIpc) is 2.83. The monoisotopic (exact) mass is 262 g/mol. The van der Waals surface area contributed by atoms with Gasteiger partial charge in [-0.3, -0.25) is 0 Å². The van der Waals surface area contributed by atoms with Crippen molar-refractivity contribution in [3.8, 4) is 0 Å². The third-order valence-corrected chi connectivity index (χ3v) is 3.66. The summed E-state index contributed by atoms with van der Waals surface area (Å²) < 4.78 is 3.99. The van der Waals surface area contributed by atoms with Crippen molar-refractivity contribution in [2.45, 2.75) is 20.4 Å². The first-order chi connectivity index (χ1) is 8.74. The summed E-state index contributed by atoms with van der Waals surface area (Å²) in [6.45, 7) is 6.00. The zero-order valence-corrected chi connectivity index (χ0v) is 11.8. The van der Waals surface area contributed by atoms with E-state index in [1.54, 1.807) is 0 Å². The van der Waals surface area contributed by atoms with Gasteiger partial charge in [0, 0.05) is 30.8 Å². The number of aryl methyl sites for hydroxylation is 1. The fraction of sp³-hybridized carbons (Fsp3) is 0.385. The summed E-state index contributed by atoms with van der Waals surface area (Å²) in [6.07, 6.45) is 0. The summed E-state index contributed by atoms with van der Waals surface area (Å²) in [6, 6.07) is 8.53.